The maximum Gasteiger partial charge on any atom is 0.225 e. The van der Waals surface area contributed by atoms with E-state index in [1.54, 1.807) is 11.8 Å². The van der Waals surface area contributed by atoms with E-state index in [0.29, 0.717) is 0 Å². The molecular weight excluding hydrogens is 312 g/mol. The first-order chi connectivity index (χ1) is 11.2. The number of carbonyl (C=O) groups is 1. The number of ether oxygens (including phenoxy) is 1. The van der Waals surface area contributed by atoms with E-state index in [4.69, 9.17) is 4.74 Å². The molecule has 1 amide bonds. The van der Waals surface area contributed by atoms with Gasteiger partial charge in [-0.1, -0.05) is 11.8 Å². The molecule has 0 bridgehead atoms. The van der Waals surface area contributed by atoms with Crippen LogP contribution in [0.3, 0.4) is 0 Å². The standard InChI is InChI=1S/C16H24N4O2S/c1-11-9-14(19-16(17-11)23-2)20-6-3-12(10-20)15(21)18-13-4-7-22-8-5-13/h9,12-13H,3-8,10H2,1-2H3,(H,18,21). The number of aromatic nitrogens is 2. The Bertz CT molecular complexity index is 563. The fourth-order valence-corrected chi connectivity index (χ4v) is 3.54. The molecule has 1 aromatic rings. The minimum Gasteiger partial charge on any atom is -0.381 e. The summed E-state index contributed by atoms with van der Waals surface area (Å²) in [6.07, 6.45) is 4.70. The molecule has 0 saturated carbocycles. The molecule has 1 unspecified atom stereocenters. The molecule has 2 fully saturated rings. The van der Waals surface area contributed by atoms with E-state index in [-0.39, 0.29) is 17.9 Å². The van der Waals surface area contributed by atoms with Crippen molar-refractivity contribution in [1.29, 1.82) is 0 Å². The van der Waals surface area contributed by atoms with Crippen LogP contribution in [0.5, 0.6) is 0 Å². The fraction of sp³-hybridized carbons (Fsp3) is 0.688. The quantitative estimate of drug-likeness (QED) is 0.666. The van der Waals surface area contributed by atoms with Crippen LogP contribution >= 0.6 is 11.8 Å². The summed E-state index contributed by atoms with van der Waals surface area (Å²) in [5, 5.41) is 3.97. The maximum absolute atomic E-state index is 12.5. The average molecular weight is 336 g/mol. The van der Waals surface area contributed by atoms with Crippen LogP contribution in [0, 0.1) is 12.8 Å². The smallest absolute Gasteiger partial charge is 0.225 e. The number of nitrogens with one attached hydrogen (secondary N) is 1. The summed E-state index contributed by atoms with van der Waals surface area (Å²) >= 11 is 1.55. The second kappa shape index (κ2) is 7.49. The van der Waals surface area contributed by atoms with E-state index < -0.39 is 0 Å². The Morgan fingerprint density at radius 2 is 2.13 bits per heavy atom. The molecule has 1 atom stereocenters. The predicted octanol–water partition coefficient (Wildman–Crippen LogP) is 1.63. The summed E-state index contributed by atoms with van der Waals surface area (Å²) < 4.78 is 5.34. The second-order valence-electron chi connectivity index (χ2n) is 6.18. The van der Waals surface area contributed by atoms with Crippen molar-refractivity contribution in [2.75, 3.05) is 37.5 Å². The Morgan fingerprint density at radius 3 is 2.87 bits per heavy atom. The monoisotopic (exact) mass is 336 g/mol. The van der Waals surface area contributed by atoms with Crippen LogP contribution in [-0.4, -0.2) is 54.5 Å². The van der Waals surface area contributed by atoms with E-state index >= 15 is 0 Å². The molecule has 1 aromatic heterocycles. The molecule has 23 heavy (non-hydrogen) atoms. The minimum atomic E-state index is 0.0471. The van der Waals surface area contributed by atoms with Gasteiger partial charge in [0.05, 0.1) is 5.92 Å². The molecule has 0 radical (unpaired) electrons. The van der Waals surface area contributed by atoms with E-state index in [9.17, 15) is 4.79 Å². The van der Waals surface area contributed by atoms with Crippen LogP contribution in [0.25, 0.3) is 0 Å². The Hall–Kier alpha value is -1.34. The summed E-state index contributed by atoms with van der Waals surface area (Å²) in [5.41, 5.74) is 0.967. The van der Waals surface area contributed by atoms with Crippen molar-refractivity contribution in [2.45, 2.75) is 37.4 Å². The number of hydrogen-bond acceptors (Lipinski definition) is 6. The molecule has 7 heteroatoms. The molecule has 126 valence electrons. The first kappa shape index (κ1) is 16.5. The van der Waals surface area contributed by atoms with Crippen molar-refractivity contribution in [1.82, 2.24) is 15.3 Å². The lowest BCUT2D eigenvalue weighted by atomic mass is 10.1. The summed E-state index contributed by atoms with van der Waals surface area (Å²) in [4.78, 5) is 23.6. The maximum atomic E-state index is 12.5. The first-order valence-corrected chi connectivity index (χ1v) is 9.41. The zero-order chi connectivity index (χ0) is 16.2. The van der Waals surface area contributed by atoms with E-state index in [0.717, 1.165) is 62.2 Å². The van der Waals surface area contributed by atoms with Gasteiger partial charge in [0.15, 0.2) is 5.16 Å². The summed E-state index contributed by atoms with van der Waals surface area (Å²) in [7, 11) is 0. The number of nitrogens with zero attached hydrogens (tertiary/aromatic N) is 3. The zero-order valence-electron chi connectivity index (χ0n) is 13.7. The number of hydrogen-bond donors (Lipinski definition) is 1. The number of rotatable bonds is 4. The third kappa shape index (κ3) is 4.14. The number of anilines is 1. The van der Waals surface area contributed by atoms with Gasteiger partial charge >= 0.3 is 0 Å². The molecule has 6 nitrogen and oxygen atoms in total. The number of thioether (sulfide) groups is 1. The van der Waals surface area contributed by atoms with Gasteiger partial charge in [-0.25, -0.2) is 9.97 Å². The van der Waals surface area contributed by atoms with Crippen molar-refractivity contribution < 1.29 is 9.53 Å². The average Bonchev–Trinajstić information content (AvgIpc) is 3.05. The van der Waals surface area contributed by atoms with Crippen LogP contribution in [-0.2, 0) is 9.53 Å². The lowest BCUT2D eigenvalue weighted by Gasteiger charge is -2.24. The SMILES string of the molecule is CSc1nc(C)cc(N2CCC(C(=O)NC3CCOCC3)C2)n1. The molecule has 2 aliphatic heterocycles. The van der Waals surface area contributed by atoms with E-state index in [1.807, 2.05) is 19.2 Å². The Labute approximate surface area is 141 Å². The molecule has 0 aromatic carbocycles. The molecule has 3 heterocycles. The third-order valence-electron chi connectivity index (χ3n) is 4.45. The Balaban J connectivity index is 1.59. The summed E-state index contributed by atoms with van der Waals surface area (Å²) in [6.45, 7) is 5.09. The van der Waals surface area contributed by atoms with Crippen molar-refractivity contribution >= 4 is 23.5 Å². The number of aryl methyl sites for hydroxylation is 1. The molecule has 0 spiro atoms. The molecular formula is C16H24N4O2S. The van der Waals surface area contributed by atoms with Gasteiger partial charge in [0.1, 0.15) is 5.82 Å². The van der Waals surface area contributed by atoms with Crippen molar-refractivity contribution in [3.63, 3.8) is 0 Å². The summed E-state index contributed by atoms with van der Waals surface area (Å²) in [6, 6.07) is 2.27. The second-order valence-corrected chi connectivity index (χ2v) is 6.95. The topological polar surface area (TPSA) is 67.4 Å². The van der Waals surface area contributed by atoms with Gasteiger partial charge in [-0.2, -0.15) is 0 Å². The molecule has 2 aliphatic rings. The largest absolute Gasteiger partial charge is 0.381 e. The normalized spacial score (nSPS) is 22.3. The van der Waals surface area contributed by atoms with Crippen molar-refractivity contribution in [2.24, 2.45) is 5.92 Å². The van der Waals surface area contributed by atoms with Crippen LogP contribution in [0.1, 0.15) is 25.0 Å². The predicted molar refractivity (Wildman–Crippen MR) is 90.9 cm³/mol. The highest BCUT2D eigenvalue weighted by molar-refractivity contribution is 7.98. The molecule has 3 rings (SSSR count). The van der Waals surface area contributed by atoms with Crippen molar-refractivity contribution in [3.05, 3.63) is 11.8 Å². The van der Waals surface area contributed by atoms with Gasteiger partial charge in [0.25, 0.3) is 0 Å². The van der Waals surface area contributed by atoms with Gasteiger partial charge < -0.3 is 15.0 Å². The number of amides is 1. The van der Waals surface area contributed by atoms with Crippen LogP contribution in [0.15, 0.2) is 11.2 Å². The highest BCUT2D eigenvalue weighted by Crippen LogP contribution is 2.25. The number of carbonyl (C=O) groups excluding carboxylic acids is 1. The molecule has 1 N–H and O–H groups in total. The third-order valence-corrected chi connectivity index (χ3v) is 5.00. The van der Waals surface area contributed by atoms with E-state index in [1.165, 1.54) is 0 Å². The minimum absolute atomic E-state index is 0.0471. The highest BCUT2D eigenvalue weighted by Gasteiger charge is 2.30. The van der Waals surface area contributed by atoms with Crippen LogP contribution in [0.2, 0.25) is 0 Å². The lowest BCUT2D eigenvalue weighted by molar-refractivity contribution is -0.125. The molecule has 0 aliphatic carbocycles. The van der Waals surface area contributed by atoms with Gasteiger partial charge in [-0.15, -0.1) is 0 Å². The fourth-order valence-electron chi connectivity index (χ4n) is 3.12. The summed E-state index contributed by atoms with van der Waals surface area (Å²) in [5.74, 6) is 1.16. The van der Waals surface area contributed by atoms with Crippen molar-refractivity contribution in [3.8, 4) is 0 Å². The Morgan fingerprint density at radius 1 is 1.35 bits per heavy atom. The van der Waals surface area contributed by atoms with Gasteiger partial charge in [0, 0.05) is 44.1 Å². The van der Waals surface area contributed by atoms with Crippen LogP contribution < -0.4 is 10.2 Å². The zero-order valence-corrected chi connectivity index (χ0v) is 14.6. The van der Waals surface area contributed by atoms with Gasteiger partial charge in [0.2, 0.25) is 5.91 Å². The van der Waals surface area contributed by atoms with E-state index in [2.05, 4.69) is 20.2 Å². The Kier molecular flexibility index (Phi) is 5.38. The molecule has 2 saturated heterocycles. The highest BCUT2D eigenvalue weighted by atomic mass is 32.2. The van der Waals surface area contributed by atoms with Crippen LogP contribution in [0.4, 0.5) is 5.82 Å². The van der Waals surface area contributed by atoms with Gasteiger partial charge in [-0.3, -0.25) is 4.79 Å². The van der Waals surface area contributed by atoms with Gasteiger partial charge in [-0.05, 0) is 32.4 Å². The first-order valence-electron chi connectivity index (χ1n) is 8.18. The lowest BCUT2D eigenvalue weighted by Crippen LogP contribution is -2.42.